The smallest absolute Gasteiger partial charge is 0.337 e. The maximum atomic E-state index is 10.9. The predicted octanol–water partition coefficient (Wildman–Crippen LogP) is 3.48. The van der Waals surface area contributed by atoms with Crippen molar-refractivity contribution >= 4 is 23.4 Å². The van der Waals surface area contributed by atoms with Gasteiger partial charge >= 0.3 is 5.97 Å². The van der Waals surface area contributed by atoms with Gasteiger partial charge in [-0.05, 0) is 30.5 Å². The number of hydrogen-bond donors (Lipinski definition) is 2. The molecule has 0 fully saturated rings. The molecular weight excluding hydrogens is 262 g/mol. The second kappa shape index (κ2) is 5.67. The van der Waals surface area contributed by atoms with E-state index in [2.05, 4.69) is 0 Å². The first-order chi connectivity index (χ1) is 9.11. The summed E-state index contributed by atoms with van der Waals surface area (Å²) in [5.74, 6) is 0.190. The molecule has 0 spiro atoms. The Labute approximate surface area is 115 Å². The Hall–Kier alpha value is -2.14. The van der Waals surface area contributed by atoms with Crippen LogP contribution in [-0.4, -0.2) is 17.3 Å². The highest BCUT2D eigenvalue weighted by Gasteiger charge is 2.10. The molecule has 2 aromatic carbocycles. The van der Waals surface area contributed by atoms with Crippen molar-refractivity contribution in [3.05, 3.63) is 48.0 Å². The Morgan fingerprint density at radius 3 is 2.63 bits per heavy atom. The van der Waals surface area contributed by atoms with Gasteiger partial charge in [-0.15, -0.1) is 11.8 Å². The van der Waals surface area contributed by atoms with Gasteiger partial charge in [0.25, 0.3) is 0 Å². The fourth-order valence-corrected chi connectivity index (χ4v) is 2.15. The van der Waals surface area contributed by atoms with Crippen LogP contribution in [0.1, 0.15) is 10.4 Å². The number of hydrogen-bond acceptors (Lipinski definition) is 4. The van der Waals surface area contributed by atoms with Crippen LogP contribution in [0.3, 0.4) is 0 Å². The van der Waals surface area contributed by atoms with E-state index >= 15 is 0 Å². The Bertz CT molecular complexity index is 613. The fourth-order valence-electron chi connectivity index (χ4n) is 1.63. The molecule has 0 unspecified atom stereocenters. The highest BCUT2D eigenvalue weighted by atomic mass is 32.2. The van der Waals surface area contributed by atoms with Crippen molar-refractivity contribution in [2.24, 2.45) is 0 Å². The first-order valence-electron chi connectivity index (χ1n) is 5.55. The normalized spacial score (nSPS) is 10.2. The van der Waals surface area contributed by atoms with Gasteiger partial charge in [-0.2, -0.15) is 0 Å². The highest BCUT2D eigenvalue weighted by Crippen LogP contribution is 2.32. The number of carboxylic acids is 1. The number of aromatic carboxylic acids is 1. The second-order valence-corrected chi connectivity index (χ2v) is 4.66. The second-order valence-electron chi connectivity index (χ2n) is 3.81. The Balaban J connectivity index is 2.29. The summed E-state index contributed by atoms with van der Waals surface area (Å²) >= 11 is 1.58. The van der Waals surface area contributed by atoms with E-state index in [4.69, 9.17) is 15.6 Å². The third-order valence-corrected chi connectivity index (χ3v) is 3.33. The lowest BCUT2D eigenvalue weighted by atomic mass is 10.2. The van der Waals surface area contributed by atoms with E-state index in [1.54, 1.807) is 17.8 Å². The monoisotopic (exact) mass is 275 g/mol. The summed E-state index contributed by atoms with van der Waals surface area (Å²) in [4.78, 5) is 11.9. The molecule has 0 saturated heterocycles. The molecule has 0 aliphatic rings. The quantitative estimate of drug-likeness (QED) is 0.660. The molecule has 0 bridgehead atoms. The zero-order valence-electron chi connectivity index (χ0n) is 10.3. The van der Waals surface area contributed by atoms with Crippen LogP contribution in [0.25, 0.3) is 0 Å². The van der Waals surface area contributed by atoms with Crippen LogP contribution in [0, 0.1) is 0 Å². The molecule has 0 atom stereocenters. The molecule has 0 aliphatic heterocycles. The summed E-state index contributed by atoms with van der Waals surface area (Å²) in [6, 6.07) is 12.2. The molecule has 0 aromatic heterocycles. The zero-order chi connectivity index (χ0) is 13.8. The van der Waals surface area contributed by atoms with E-state index in [-0.39, 0.29) is 11.3 Å². The lowest BCUT2D eigenvalue weighted by Gasteiger charge is -2.10. The number of thioether (sulfide) groups is 1. The summed E-state index contributed by atoms with van der Waals surface area (Å²) in [7, 11) is 0. The van der Waals surface area contributed by atoms with Crippen LogP contribution in [0.5, 0.6) is 11.5 Å². The van der Waals surface area contributed by atoms with Gasteiger partial charge in [-0.3, -0.25) is 0 Å². The van der Waals surface area contributed by atoms with Gasteiger partial charge in [0, 0.05) is 16.6 Å². The molecular formula is C14H13NO3S. The summed E-state index contributed by atoms with van der Waals surface area (Å²) in [6.07, 6.45) is 1.96. The lowest BCUT2D eigenvalue weighted by Crippen LogP contribution is -2.02. The zero-order valence-corrected chi connectivity index (χ0v) is 11.1. The van der Waals surface area contributed by atoms with Crippen molar-refractivity contribution in [3.8, 4) is 11.5 Å². The van der Waals surface area contributed by atoms with Crippen LogP contribution in [0.4, 0.5) is 5.69 Å². The first kappa shape index (κ1) is 13.3. The highest BCUT2D eigenvalue weighted by molar-refractivity contribution is 7.98. The van der Waals surface area contributed by atoms with Crippen LogP contribution in [0.2, 0.25) is 0 Å². The van der Waals surface area contributed by atoms with Crippen molar-refractivity contribution in [1.29, 1.82) is 0 Å². The number of nitrogens with two attached hydrogens (primary N) is 1. The molecule has 0 radical (unpaired) electrons. The summed E-state index contributed by atoms with van der Waals surface area (Å²) in [5.41, 5.74) is 5.94. The average Bonchev–Trinajstić information content (AvgIpc) is 2.39. The minimum Gasteiger partial charge on any atom is -0.478 e. The number of para-hydroxylation sites is 1. The van der Waals surface area contributed by atoms with Gasteiger partial charge in [-0.25, -0.2) is 4.79 Å². The number of rotatable bonds is 4. The number of carbonyl (C=O) groups is 1. The molecule has 0 saturated carbocycles. The predicted molar refractivity (Wildman–Crippen MR) is 76.1 cm³/mol. The molecule has 0 amide bonds. The molecule has 19 heavy (non-hydrogen) atoms. The van der Waals surface area contributed by atoms with Gasteiger partial charge in [-0.1, -0.05) is 12.1 Å². The van der Waals surface area contributed by atoms with Gasteiger partial charge in [0.15, 0.2) is 0 Å². The average molecular weight is 275 g/mol. The third-order valence-electron chi connectivity index (χ3n) is 2.55. The maximum absolute atomic E-state index is 10.9. The molecule has 2 aromatic rings. The third kappa shape index (κ3) is 3.00. The van der Waals surface area contributed by atoms with Crippen LogP contribution in [-0.2, 0) is 0 Å². The molecule has 3 N–H and O–H groups in total. The number of carboxylic acid groups (broad SMARTS) is 1. The van der Waals surface area contributed by atoms with Gasteiger partial charge in [0.1, 0.15) is 11.5 Å². The van der Waals surface area contributed by atoms with E-state index in [0.717, 1.165) is 10.6 Å². The van der Waals surface area contributed by atoms with E-state index in [9.17, 15) is 4.79 Å². The van der Waals surface area contributed by atoms with Crippen molar-refractivity contribution in [3.63, 3.8) is 0 Å². The van der Waals surface area contributed by atoms with E-state index in [1.165, 1.54) is 12.1 Å². The minimum atomic E-state index is -1.05. The minimum absolute atomic E-state index is 0.0745. The molecule has 98 valence electrons. The summed E-state index contributed by atoms with van der Waals surface area (Å²) in [5, 5.41) is 8.90. The fraction of sp³-hybridized carbons (Fsp3) is 0.0714. The van der Waals surface area contributed by atoms with Crippen molar-refractivity contribution < 1.29 is 14.6 Å². The molecule has 5 heteroatoms. The van der Waals surface area contributed by atoms with Crippen LogP contribution in [0.15, 0.2) is 47.4 Å². The number of nitrogen functional groups attached to an aromatic ring is 1. The molecule has 0 heterocycles. The van der Waals surface area contributed by atoms with Crippen LogP contribution >= 0.6 is 11.8 Å². The topological polar surface area (TPSA) is 72.5 Å². The van der Waals surface area contributed by atoms with E-state index < -0.39 is 5.97 Å². The van der Waals surface area contributed by atoms with Crippen LogP contribution < -0.4 is 10.5 Å². The molecule has 2 rings (SSSR count). The van der Waals surface area contributed by atoms with Crippen molar-refractivity contribution in [2.45, 2.75) is 4.90 Å². The Kier molecular flexibility index (Phi) is 3.97. The van der Waals surface area contributed by atoms with Gasteiger partial charge < -0.3 is 15.6 Å². The van der Waals surface area contributed by atoms with Gasteiger partial charge in [0.05, 0.1) is 5.56 Å². The lowest BCUT2D eigenvalue weighted by molar-refractivity contribution is 0.0698. The SMILES string of the molecule is CSc1ccccc1Oc1ccc(C(=O)O)c(N)c1. The van der Waals surface area contributed by atoms with Crippen molar-refractivity contribution in [1.82, 2.24) is 0 Å². The number of benzene rings is 2. The number of ether oxygens (including phenoxy) is 1. The Morgan fingerprint density at radius 2 is 2.00 bits per heavy atom. The van der Waals surface area contributed by atoms with Crippen molar-refractivity contribution in [2.75, 3.05) is 12.0 Å². The maximum Gasteiger partial charge on any atom is 0.337 e. The summed E-state index contributed by atoms with van der Waals surface area (Å²) in [6.45, 7) is 0. The van der Waals surface area contributed by atoms with E-state index in [1.807, 2.05) is 30.5 Å². The largest absolute Gasteiger partial charge is 0.478 e. The molecule has 4 nitrogen and oxygen atoms in total. The van der Waals surface area contributed by atoms with Gasteiger partial charge in [0.2, 0.25) is 0 Å². The standard InChI is InChI=1S/C14H13NO3S/c1-19-13-5-3-2-4-12(13)18-9-6-7-10(14(16)17)11(15)8-9/h2-8H,15H2,1H3,(H,16,17). The number of anilines is 1. The Morgan fingerprint density at radius 1 is 1.26 bits per heavy atom. The first-order valence-corrected chi connectivity index (χ1v) is 6.78. The van der Waals surface area contributed by atoms with E-state index in [0.29, 0.717) is 5.75 Å². The summed E-state index contributed by atoms with van der Waals surface area (Å²) < 4.78 is 5.72. The molecule has 0 aliphatic carbocycles.